The Bertz CT molecular complexity index is 897. The predicted molar refractivity (Wildman–Crippen MR) is 105 cm³/mol. The topological polar surface area (TPSA) is 63.6 Å². The number of ether oxygens (including phenoxy) is 1. The number of carbonyl (C=O) groups excluding carboxylic acids is 1. The normalized spacial score (nSPS) is 14.9. The maximum absolute atomic E-state index is 13.2. The van der Waals surface area contributed by atoms with Gasteiger partial charge in [0.2, 0.25) is 5.43 Å². The van der Waals surface area contributed by atoms with Crippen LogP contribution in [0.4, 0.5) is 0 Å². The average Bonchev–Trinajstić information content (AvgIpc) is 2.63. The molecule has 0 spiro atoms. The van der Waals surface area contributed by atoms with E-state index in [-0.39, 0.29) is 40.8 Å². The van der Waals surface area contributed by atoms with Crippen LogP contribution in [0.15, 0.2) is 60.0 Å². The van der Waals surface area contributed by atoms with E-state index in [1.165, 1.54) is 6.07 Å². The van der Waals surface area contributed by atoms with Gasteiger partial charge in [-0.3, -0.25) is 14.3 Å². The van der Waals surface area contributed by atoms with Crippen molar-refractivity contribution in [1.29, 1.82) is 0 Å². The smallest absolute Gasteiger partial charge is 0.278 e. The Morgan fingerprint density at radius 3 is 2.56 bits per heavy atom. The Hall–Kier alpha value is -3.02. The van der Waals surface area contributed by atoms with E-state index >= 15 is 0 Å². The van der Waals surface area contributed by atoms with Crippen molar-refractivity contribution in [3.63, 3.8) is 0 Å². The van der Waals surface area contributed by atoms with Gasteiger partial charge in [0.25, 0.3) is 5.91 Å². The van der Waals surface area contributed by atoms with E-state index in [1.807, 2.05) is 51.1 Å². The zero-order chi connectivity index (χ0) is 19.6. The first-order valence-corrected chi connectivity index (χ1v) is 8.92. The molecular weight excluding hydrogens is 342 g/mol. The second-order valence-electron chi connectivity index (χ2n) is 7.64. The first-order valence-electron chi connectivity index (χ1n) is 8.92. The Kier molecular flexibility index (Phi) is 5.08. The van der Waals surface area contributed by atoms with Gasteiger partial charge in [-0.05, 0) is 11.0 Å². The van der Waals surface area contributed by atoms with Gasteiger partial charge in [-0.2, -0.15) is 0 Å². The number of hydrogen-bond acceptors (Lipinski definition) is 4. The third-order valence-corrected chi connectivity index (χ3v) is 4.60. The summed E-state index contributed by atoms with van der Waals surface area (Å²) in [6.07, 6.45) is 3.32. The molecule has 0 fully saturated rings. The van der Waals surface area contributed by atoms with Gasteiger partial charge in [0.15, 0.2) is 11.4 Å². The second kappa shape index (κ2) is 7.31. The fourth-order valence-corrected chi connectivity index (χ4v) is 3.25. The van der Waals surface area contributed by atoms with Crippen LogP contribution in [-0.2, 0) is 6.61 Å². The van der Waals surface area contributed by atoms with Crippen molar-refractivity contribution in [2.75, 3.05) is 12.1 Å². The van der Waals surface area contributed by atoms with Gasteiger partial charge in [0.1, 0.15) is 13.3 Å². The lowest BCUT2D eigenvalue weighted by Crippen LogP contribution is -2.54. The third-order valence-electron chi connectivity index (χ3n) is 4.60. The van der Waals surface area contributed by atoms with Crippen molar-refractivity contribution < 1.29 is 9.53 Å². The molecule has 1 aliphatic rings. The molecule has 27 heavy (non-hydrogen) atoms. The summed E-state index contributed by atoms with van der Waals surface area (Å²) in [5.41, 5.74) is 3.77. The molecule has 2 heterocycles. The van der Waals surface area contributed by atoms with E-state index in [9.17, 15) is 9.59 Å². The lowest BCUT2D eigenvalue weighted by Gasteiger charge is -2.41. The van der Waals surface area contributed by atoms with E-state index in [0.717, 1.165) is 5.56 Å². The molecule has 0 aliphatic carbocycles. The van der Waals surface area contributed by atoms with E-state index < -0.39 is 0 Å². The second-order valence-corrected chi connectivity index (χ2v) is 7.64. The van der Waals surface area contributed by atoms with E-state index in [4.69, 9.17) is 4.74 Å². The maximum Gasteiger partial charge on any atom is 0.278 e. The summed E-state index contributed by atoms with van der Waals surface area (Å²) in [5, 5.41) is 0. The van der Waals surface area contributed by atoms with Crippen LogP contribution in [0.25, 0.3) is 0 Å². The van der Waals surface area contributed by atoms with Crippen LogP contribution >= 0.6 is 0 Å². The molecule has 2 aromatic rings. The number of fused-ring (bicyclic) bond motifs is 1. The van der Waals surface area contributed by atoms with Crippen LogP contribution in [0.5, 0.6) is 5.75 Å². The van der Waals surface area contributed by atoms with Gasteiger partial charge in [0, 0.05) is 12.3 Å². The maximum atomic E-state index is 13.2. The van der Waals surface area contributed by atoms with Gasteiger partial charge >= 0.3 is 0 Å². The number of nitrogens with one attached hydrogen (secondary N) is 1. The highest BCUT2D eigenvalue weighted by Gasteiger charge is 2.37. The van der Waals surface area contributed by atoms with Crippen molar-refractivity contribution in [3.05, 3.63) is 76.7 Å². The van der Waals surface area contributed by atoms with Crippen LogP contribution in [0, 0.1) is 5.41 Å². The molecule has 0 bridgehead atoms. The van der Waals surface area contributed by atoms with Crippen LogP contribution in [0.3, 0.4) is 0 Å². The van der Waals surface area contributed by atoms with Crippen LogP contribution in [-0.4, -0.2) is 28.2 Å². The number of benzene rings is 1. The summed E-state index contributed by atoms with van der Waals surface area (Å²) in [6.45, 7) is 10.6. The average molecular weight is 367 g/mol. The summed E-state index contributed by atoms with van der Waals surface area (Å²) in [5.74, 6) is -0.199. The Morgan fingerprint density at radius 2 is 1.93 bits per heavy atom. The standard InChI is InChI=1S/C21H25N3O3/c1-5-17(21(2,3)4)23-14-22-24-12-11-16(25)19(18(24)20(23)26)27-13-15-9-7-6-8-10-15/h5-12,17,22H,1,13-14H2,2-4H3. The van der Waals surface area contributed by atoms with E-state index in [2.05, 4.69) is 12.0 Å². The number of hydrogen-bond donors (Lipinski definition) is 1. The van der Waals surface area contributed by atoms with Gasteiger partial charge < -0.3 is 15.1 Å². The summed E-state index contributed by atoms with van der Waals surface area (Å²) in [7, 11) is 0. The summed E-state index contributed by atoms with van der Waals surface area (Å²) in [6, 6.07) is 10.7. The van der Waals surface area contributed by atoms with Crippen molar-refractivity contribution in [1.82, 2.24) is 9.58 Å². The van der Waals surface area contributed by atoms with Gasteiger partial charge in [-0.25, -0.2) is 0 Å². The summed E-state index contributed by atoms with van der Waals surface area (Å²) >= 11 is 0. The lowest BCUT2D eigenvalue weighted by molar-refractivity contribution is 0.0563. The molecule has 1 N–H and O–H groups in total. The van der Waals surface area contributed by atoms with Crippen LogP contribution < -0.4 is 15.6 Å². The highest BCUT2D eigenvalue weighted by atomic mass is 16.5. The molecule has 1 amide bonds. The van der Waals surface area contributed by atoms with E-state index in [0.29, 0.717) is 6.67 Å². The molecule has 0 radical (unpaired) electrons. The highest BCUT2D eigenvalue weighted by Crippen LogP contribution is 2.29. The largest absolute Gasteiger partial charge is 0.482 e. The Morgan fingerprint density at radius 1 is 1.22 bits per heavy atom. The monoisotopic (exact) mass is 367 g/mol. The minimum absolute atomic E-state index is 0.0558. The summed E-state index contributed by atoms with van der Waals surface area (Å²) < 4.78 is 7.35. The zero-order valence-electron chi connectivity index (χ0n) is 15.9. The molecule has 1 atom stereocenters. The van der Waals surface area contributed by atoms with Crippen molar-refractivity contribution in [3.8, 4) is 5.75 Å². The highest BCUT2D eigenvalue weighted by molar-refractivity contribution is 5.96. The van der Waals surface area contributed by atoms with Gasteiger partial charge in [-0.1, -0.05) is 57.2 Å². The number of rotatable bonds is 5. The molecule has 6 nitrogen and oxygen atoms in total. The number of pyridine rings is 1. The fraction of sp³-hybridized carbons (Fsp3) is 0.333. The lowest BCUT2D eigenvalue weighted by atomic mass is 9.85. The number of amides is 1. The molecule has 0 saturated carbocycles. The van der Waals surface area contributed by atoms with Crippen molar-refractivity contribution in [2.24, 2.45) is 5.41 Å². The summed E-state index contributed by atoms with van der Waals surface area (Å²) in [4.78, 5) is 27.4. The van der Waals surface area contributed by atoms with Crippen LogP contribution in [0.2, 0.25) is 0 Å². The minimum atomic E-state index is -0.319. The molecular formula is C21H25N3O3. The number of aromatic nitrogens is 1. The first kappa shape index (κ1) is 18.8. The van der Waals surface area contributed by atoms with Gasteiger partial charge in [-0.15, -0.1) is 6.58 Å². The number of nitrogens with zero attached hydrogens (tertiary/aromatic N) is 2. The molecule has 1 unspecified atom stereocenters. The quantitative estimate of drug-likeness (QED) is 0.825. The minimum Gasteiger partial charge on any atom is -0.482 e. The number of carbonyl (C=O) groups is 1. The third kappa shape index (κ3) is 3.74. The SMILES string of the molecule is C=CC(N1CNn2ccc(=O)c(OCc3ccccc3)c2C1=O)C(C)(C)C. The molecule has 3 rings (SSSR count). The predicted octanol–water partition coefficient (Wildman–Crippen LogP) is 2.98. The fourth-order valence-electron chi connectivity index (χ4n) is 3.25. The van der Waals surface area contributed by atoms with Crippen molar-refractivity contribution >= 4 is 5.91 Å². The first-order chi connectivity index (χ1) is 12.8. The van der Waals surface area contributed by atoms with Crippen LogP contribution in [0.1, 0.15) is 36.8 Å². The van der Waals surface area contributed by atoms with Crippen molar-refractivity contribution in [2.45, 2.75) is 33.4 Å². The molecule has 1 aromatic heterocycles. The molecule has 0 saturated heterocycles. The molecule has 1 aromatic carbocycles. The Labute approximate surface area is 159 Å². The zero-order valence-corrected chi connectivity index (χ0v) is 15.9. The van der Waals surface area contributed by atoms with E-state index in [1.54, 1.807) is 21.8 Å². The Balaban J connectivity index is 1.96. The molecule has 142 valence electrons. The molecule has 6 heteroatoms. The van der Waals surface area contributed by atoms with Gasteiger partial charge in [0.05, 0.1) is 6.04 Å². The molecule has 1 aliphatic heterocycles.